The second kappa shape index (κ2) is 6.84. The predicted octanol–water partition coefficient (Wildman–Crippen LogP) is 3.02. The van der Waals surface area contributed by atoms with Gasteiger partial charge in [-0.2, -0.15) is 0 Å². The highest BCUT2D eigenvalue weighted by Crippen LogP contribution is 2.20. The summed E-state index contributed by atoms with van der Waals surface area (Å²) >= 11 is 0. The number of rotatable bonds is 4. The van der Waals surface area contributed by atoms with Gasteiger partial charge in [-0.05, 0) is 31.0 Å². The Labute approximate surface area is 144 Å². The van der Waals surface area contributed by atoms with E-state index in [1.54, 1.807) is 30.5 Å². The zero-order chi connectivity index (χ0) is 18.0. The molecule has 0 aliphatic rings. The third kappa shape index (κ3) is 3.28. The third-order valence-electron chi connectivity index (χ3n) is 4.09. The molecule has 0 saturated heterocycles. The van der Waals surface area contributed by atoms with E-state index in [2.05, 4.69) is 10.3 Å². The van der Waals surface area contributed by atoms with Crippen molar-refractivity contribution in [2.75, 3.05) is 0 Å². The smallest absolute Gasteiger partial charge is 0.270 e. The average molecular weight is 339 g/mol. The van der Waals surface area contributed by atoms with Crippen LogP contribution in [0.5, 0.6) is 0 Å². The third-order valence-corrected chi connectivity index (χ3v) is 4.09. The van der Waals surface area contributed by atoms with Crippen LogP contribution in [-0.4, -0.2) is 15.3 Å². The Morgan fingerprint density at radius 2 is 2.04 bits per heavy atom. The summed E-state index contributed by atoms with van der Waals surface area (Å²) in [6.45, 7) is 3.69. The SMILES string of the molecule is CC[C@H](NC(=O)c1cnc2ccc(C)cn2c1=O)c1ccccc1F. The number of amides is 1. The maximum atomic E-state index is 14.0. The Morgan fingerprint density at radius 3 is 2.76 bits per heavy atom. The molecule has 1 atom stereocenters. The van der Waals surface area contributed by atoms with Gasteiger partial charge in [-0.1, -0.05) is 31.2 Å². The summed E-state index contributed by atoms with van der Waals surface area (Å²) < 4.78 is 15.3. The second-order valence-corrected chi connectivity index (χ2v) is 5.87. The molecule has 0 aliphatic carbocycles. The summed E-state index contributed by atoms with van der Waals surface area (Å²) in [4.78, 5) is 29.3. The fourth-order valence-corrected chi connectivity index (χ4v) is 2.73. The van der Waals surface area contributed by atoms with Gasteiger partial charge in [0.2, 0.25) is 0 Å². The van der Waals surface area contributed by atoms with Crippen LogP contribution in [0.4, 0.5) is 4.39 Å². The molecule has 0 bridgehead atoms. The first kappa shape index (κ1) is 16.8. The van der Waals surface area contributed by atoms with Gasteiger partial charge in [0, 0.05) is 18.0 Å². The van der Waals surface area contributed by atoms with Gasteiger partial charge in [0.25, 0.3) is 11.5 Å². The molecular weight excluding hydrogens is 321 g/mol. The van der Waals surface area contributed by atoms with Gasteiger partial charge >= 0.3 is 0 Å². The lowest BCUT2D eigenvalue weighted by Gasteiger charge is -2.18. The second-order valence-electron chi connectivity index (χ2n) is 5.87. The van der Waals surface area contributed by atoms with Gasteiger partial charge in [-0.3, -0.25) is 14.0 Å². The molecule has 6 heteroatoms. The van der Waals surface area contributed by atoms with Crippen molar-refractivity contribution in [2.45, 2.75) is 26.3 Å². The number of fused-ring (bicyclic) bond motifs is 1. The Kier molecular flexibility index (Phi) is 4.61. The van der Waals surface area contributed by atoms with E-state index in [1.807, 2.05) is 19.9 Å². The number of aryl methyl sites for hydroxylation is 1. The summed E-state index contributed by atoms with van der Waals surface area (Å²) in [5, 5.41) is 2.73. The number of hydrogen-bond acceptors (Lipinski definition) is 3. The number of halogens is 1. The summed E-state index contributed by atoms with van der Waals surface area (Å²) in [6.07, 6.45) is 3.39. The van der Waals surface area contributed by atoms with Crippen molar-refractivity contribution in [3.05, 3.63) is 81.7 Å². The molecule has 2 heterocycles. The number of pyridine rings is 1. The van der Waals surface area contributed by atoms with Gasteiger partial charge in [0.1, 0.15) is 17.0 Å². The van der Waals surface area contributed by atoms with Crippen molar-refractivity contribution < 1.29 is 9.18 Å². The molecular formula is C19H18FN3O2. The minimum Gasteiger partial charge on any atom is -0.345 e. The number of carbonyl (C=O) groups excluding carboxylic acids is 1. The highest BCUT2D eigenvalue weighted by molar-refractivity contribution is 5.94. The summed E-state index contributed by atoms with van der Waals surface area (Å²) in [7, 11) is 0. The molecule has 0 saturated carbocycles. The largest absolute Gasteiger partial charge is 0.345 e. The number of benzene rings is 1. The molecule has 0 unspecified atom stereocenters. The Bertz CT molecular complexity index is 997. The highest BCUT2D eigenvalue weighted by atomic mass is 19.1. The van der Waals surface area contributed by atoms with Crippen LogP contribution in [0.1, 0.15) is 40.9 Å². The van der Waals surface area contributed by atoms with Crippen molar-refractivity contribution in [2.24, 2.45) is 0 Å². The van der Waals surface area contributed by atoms with E-state index in [4.69, 9.17) is 0 Å². The van der Waals surface area contributed by atoms with Gasteiger partial charge in [0.05, 0.1) is 6.04 Å². The predicted molar refractivity (Wildman–Crippen MR) is 93.1 cm³/mol. The molecule has 1 N–H and O–H groups in total. The lowest BCUT2D eigenvalue weighted by atomic mass is 10.0. The van der Waals surface area contributed by atoms with Crippen LogP contribution in [0, 0.1) is 12.7 Å². The van der Waals surface area contributed by atoms with Crippen LogP contribution < -0.4 is 10.9 Å². The molecule has 128 valence electrons. The van der Waals surface area contributed by atoms with Crippen LogP contribution in [-0.2, 0) is 0 Å². The van der Waals surface area contributed by atoms with Crippen molar-refractivity contribution in [3.8, 4) is 0 Å². The Balaban J connectivity index is 1.95. The van der Waals surface area contributed by atoms with E-state index < -0.39 is 23.3 Å². The fraction of sp³-hybridized carbons (Fsp3) is 0.211. The van der Waals surface area contributed by atoms with Gasteiger partial charge < -0.3 is 5.32 Å². The Hall–Kier alpha value is -3.02. The van der Waals surface area contributed by atoms with Crippen molar-refractivity contribution in [1.82, 2.24) is 14.7 Å². The average Bonchev–Trinajstić information content (AvgIpc) is 2.61. The standard InChI is InChI=1S/C19H18FN3O2/c1-3-16(13-6-4-5-7-15(13)20)22-18(24)14-10-21-17-9-8-12(2)11-23(17)19(14)25/h4-11,16H,3H2,1-2H3,(H,22,24)/t16-/m0/s1. The minimum absolute atomic E-state index is 0.0714. The normalized spacial score (nSPS) is 12.1. The number of carbonyl (C=O) groups is 1. The van der Waals surface area contributed by atoms with Crippen molar-refractivity contribution >= 4 is 11.6 Å². The Morgan fingerprint density at radius 1 is 1.28 bits per heavy atom. The fourth-order valence-electron chi connectivity index (χ4n) is 2.73. The van der Waals surface area contributed by atoms with Gasteiger partial charge in [-0.15, -0.1) is 0 Å². The minimum atomic E-state index is -0.566. The maximum Gasteiger partial charge on any atom is 0.270 e. The molecule has 25 heavy (non-hydrogen) atoms. The van der Waals surface area contributed by atoms with Crippen molar-refractivity contribution in [1.29, 1.82) is 0 Å². The molecule has 0 spiro atoms. The first-order valence-corrected chi connectivity index (χ1v) is 8.04. The monoisotopic (exact) mass is 339 g/mol. The maximum absolute atomic E-state index is 14.0. The van der Waals surface area contributed by atoms with Crippen LogP contribution >= 0.6 is 0 Å². The van der Waals surface area contributed by atoms with E-state index in [0.717, 1.165) is 5.56 Å². The molecule has 2 aromatic heterocycles. The van der Waals surface area contributed by atoms with E-state index in [0.29, 0.717) is 17.6 Å². The van der Waals surface area contributed by atoms with Crippen LogP contribution in [0.15, 0.2) is 53.6 Å². The quantitative estimate of drug-likeness (QED) is 0.795. The molecule has 5 nitrogen and oxygen atoms in total. The van der Waals surface area contributed by atoms with Crippen LogP contribution in [0.3, 0.4) is 0 Å². The van der Waals surface area contributed by atoms with E-state index in [9.17, 15) is 14.0 Å². The van der Waals surface area contributed by atoms with Crippen molar-refractivity contribution in [3.63, 3.8) is 0 Å². The first-order chi connectivity index (χ1) is 12.0. The molecule has 3 rings (SSSR count). The number of nitrogens with one attached hydrogen (secondary N) is 1. The molecule has 0 radical (unpaired) electrons. The zero-order valence-corrected chi connectivity index (χ0v) is 14.0. The van der Waals surface area contributed by atoms with E-state index >= 15 is 0 Å². The van der Waals surface area contributed by atoms with E-state index in [-0.39, 0.29) is 5.56 Å². The van der Waals surface area contributed by atoms with Crippen LogP contribution in [0.25, 0.3) is 5.65 Å². The van der Waals surface area contributed by atoms with Gasteiger partial charge in [0.15, 0.2) is 0 Å². The van der Waals surface area contributed by atoms with Crippen LogP contribution in [0.2, 0.25) is 0 Å². The molecule has 1 aromatic carbocycles. The highest BCUT2D eigenvalue weighted by Gasteiger charge is 2.20. The lowest BCUT2D eigenvalue weighted by Crippen LogP contribution is -2.34. The van der Waals surface area contributed by atoms with Gasteiger partial charge in [-0.25, -0.2) is 9.37 Å². The summed E-state index contributed by atoms with van der Waals surface area (Å²) in [6, 6.07) is 9.31. The summed E-state index contributed by atoms with van der Waals surface area (Å²) in [5.74, 6) is -0.956. The molecule has 0 fully saturated rings. The number of nitrogens with zero attached hydrogens (tertiary/aromatic N) is 2. The van der Waals surface area contributed by atoms with E-state index in [1.165, 1.54) is 16.7 Å². The topological polar surface area (TPSA) is 63.5 Å². The number of aromatic nitrogens is 2. The molecule has 0 aliphatic heterocycles. The summed E-state index contributed by atoms with van der Waals surface area (Å²) in [5.41, 5.74) is 1.22. The molecule has 1 amide bonds. The molecule has 3 aromatic rings. The lowest BCUT2D eigenvalue weighted by molar-refractivity contribution is 0.0933. The first-order valence-electron chi connectivity index (χ1n) is 8.04. The zero-order valence-electron chi connectivity index (χ0n) is 14.0. The number of hydrogen-bond donors (Lipinski definition) is 1.